The van der Waals surface area contributed by atoms with Crippen LogP contribution in [0.15, 0.2) is 60.8 Å². The van der Waals surface area contributed by atoms with E-state index in [1.807, 2.05) is 61.5 Å². The number of esters is 1. The summed E-state index contributed by atoms with van der Waals surface area (Å²) in [6.45, 7) is 2.46. The Bertz CT molecular complexity index is 996. The van der Waals surface area contributed by atoms with E-state index >= 15 is 0 Å². The maximum absolute atomic E-state index is 13.2. The van der Waals surface area contributed by atoms with E-state index < -0.39 is 0 Å². The molecule has 0 aliphatic heterocycles. The number of amides is 1. The van der Waals surface area contributed by atoms with Crippen molar-refractivity contribution in [3.8, 4) is 16.9 Å². The van der Waals surface area contributed by atoms with Crippen LogP contribution < -0.4 is 0 Å². The summed E-state index contributed by atoms with van der Waals surface area (Å²) in [6, 6.07) is 17.6. The summed E-state index contributed by atoms with van der Waals surface area (Å²) in [5, 5.41) is 4.73. The second-order valence-corrected chi connectivity index (χ2v) is 6.89. The van der Waals surface area contributed by atoms with Crippen LogP contribution in [0.5, 0.6) is 0 Å². The summed E-state index contributed by atoms with van der Waals surface area (Å²) in [5.41, 5.74) is 4.04. The van der Waals surface area contributed by atoms with E-state index in [4.69, 9.17) is 5.10 Å². The maximum Gasteiger partial charge on any atom is 0.305 e. The monoisotopic (exact) mass is 391 g/mol. The number of benzene rings is 2. The van der Waals surface area contributed by atoms with Gasteiger partial charge in [0.1, 0.15) is 5.69 Å². The molecule has 0 unspecified atom stereocenters. The fourth-order valence-corrected chi connectivity index (χ4v) is 3.15. The van der Waals surface area contributed by atoms with E-state index in [9.17, 15) is 9.59 Å². The molecule has 29 heavy (non-hydrogen) atoms. The van der Waals surface area contributed by atoms with Crippen LogP contribution in [-0.4, -0.2) is 47.3 Å². The molecule has 0 atom stereocenters. The fourth-order valence-electron chi connectivity index (χ4n) is 3.15. The Morgan fingerprint density at radius 1 is 1.07 bits per heavy atom. The van der Waals surface area contributed by atoms with Crippen molar-refractivity contribution in [2.45, 2.75) is 19.8 Å². The number of hydrogen-bond donors (Lipinski definition) is 0. The van der Waals surface area contributed by atoms with Gasteiger partial charge in [-0.25, -0.2) is 4.68 Å². The highest BCUT2D eigenvalue weighted by Gasteiger charge is 2.22. The Labute approximate surface area is 170 Å². The van der Waals surface area contributed by atoms with Crippen molar-refractivity contribution in [2.75, 3.05) is 20.7 Å². The number of aryl methyl sites for hydroxylation is 1. The number of aromatic nitrogens is 2. The third-order valence-electron chi connectivity index (χ3n) is 4.81. The van der Waals surface area contributed by atoms with Gasteiger partial charge in [0.05, 0.1) is 18.4 Å². The molecule has 3 aromatic rings. The minimum atomic E-state index is -0.275. The lowest BCUT2D eigenvalue weighted by molar-refractivity contribution is -0.140. The van der Waals surface area contributed by atoms with Crippen LogP contribution in [0.25, 0.3) is 16.9 Å². The molecule has 2 aromatic carbocycles. The summed E-state index contributed by atoms with van der Waals surface area (Å²) in [6.07, 6.45) is 2.60. The molecular formula is C23H25N3O3. The van der Waals surface area contributed by atoms with E-state index in [0.717, 1.165) is 16.8 Å². The quantitative estimate of drug-likeness (QED) is 0.574. The highest BCUT2D eigenvalue weighted by Crippen LogP contribution is 2.27. The predicted molar refractivity (Wildman–Crippen MR) is 112 cm³/mol. The van der Waals surface area contributed by atoms with Gasteiger partial charge in [-0.2, -0.15) is 5.10 Å². The largest absolute Gasteiger partial charge is 0.469 e. The Balaban J connectivity index is 1.94. The van der Waals surface area contributed by atoms with Crippen molar-refractivity contribution < 1.29 is 14.3 Å². The normalized spacial score (nSPS) is 10.6. The number of methoxy groups -OCH3 is 1. The molecule has 3 rings (SSSR count). The van der Waals surface area contributed by atoms with Crippen LogP contribution in [0, 0.1) is 6.92 Å². The van der Waals surface area contributed by atoms with Crippen molar-refractivity contribution in [3.05, 3.63) is 71.9 Å². The molecule has 1 aromatic heterocycles. The van der Waals surface area contributed by atoms with Gasteiger partial charge < -0.3 is 9.64 Å². The first-order valence-electron chi connectivity index (χ1n) is 9.54. The van der Waals surface area contributed by atoms with Crippen molar-refractivity contribution in [3.63, 3.8) is 0 Å². The average molecular weight is 391 g/mol. The molecule has 0 saturated heterocycles. The highest BCUT2D eigenvalue weighted by molar-refractivity contribution is 6.00. The van der Waals surface area contributed by atoms with Gasteiger partial charge in [0, 0.05) is 31.8 Å². The molecule has 0 spiro atoms. The summed E-state index contributed by atoms with van der Waals surface area (Å²) >= 11 is 0. The van der Waals surface area contributed by atoms with Crippen molar-refractivity contribution >= 4 is 11.9 Å². The molecule has 0 radical (unpaired) electrons. The fraction of sp³-hybridized carbons (Fsp3) is 0.261. The lowest BCUT2D eigenvalue weighted by Gasteiger charge is -2.17. The molecule has 0 fully saturated rings. The SMILES string of the molecule is COC(=O)CCCN(C)C(=O)c1cn(-c2ccccc2)nc1-c1ccccc1C. The molecule has 150 valence electrons. The smallest absolute Gasteiger partial charge is 0.305 e. The summed E-state index contributed by atoms with van der Waals surface area (Å²) in [7, 11) is 3.10. The molecular weight excluding hydrogens is 366 g/mol. The van der Waals surface area contributed by atoms with Crippen molar-refractivity contribution in [1.82, 2.24) is 14.7 Å². The first kappa shape index (κ1) is 20.3. The molecule has 6 heteroatoms. The highest BCUT2D eigenvalue weighted by atomic mass is 16.5. The summed E-state index contributed by atoms with van der Waals surface area (Å²) in [4.78, 5) is 26.1. The van der Waals surface area contributed by atoms with Gasteiger partial charge in [-0.3, -0.25) is 9.59 Å². The molecule has 0 aliphatic carbocycles. The molecule has 0 aliphatic rings. The third-order valence-corrected chi connectivity index (χ3v) is 4.81. The second-order valence-electron chi connectivity index (χ2n) is 6.89. The van der Waals surface area contributed by atoms with Crippen LogP contribution in [0.3, 0.4) is 0 Å². The Morgan fingerprint density at radius 3 is 2.45 bits per heavy atom. The Hall–Kier alpha value is -3.41. The maximum atomic E-state index is 13.2. The van der Waals surface area contributed by atoms with Gasteiger partial charge in [-0.05, 0) is 31.0 Å². The number of hydrogen-bond acceptors (Lipinski definition) is 4. The van der Waals surface area contributed by atoms with Gasteiger partial charge in [-0.15, -0.1) is 0 Å². The van der Waals surface area contributed by atoms with Gasteiger partial charge in [0.25, 0.3) is 5.91 Å². The van der Waals surface area contributed by atoms with Gasteiger partial charge >= 0.3 is 5.97 Å². The number of rotatable bonds is 7. The predicted octanol–water partition coefficient (Wildman–Crippen LogP) is 3.87. The first-order valence-corrected chi connectivity index (χ1v) is 9.54. The van der Waals surface area contributed by atoms with Crippen LogP contribution >= 0.6 is 0 Å². The summed E-state index contributed by atoms with van der Waals surface area (Å²) < 4.78 is 6.40. The van der Waals surface area contributed by atoms with Crippen molar-refractivity contribution in [1.29, 1.82) is 0 Å². The number of carbonyl (C=O) groups is 2. The van der Waals surface area contributed by atoms with E-state index in [1.54, 1.807) is 22.8 Å². The van der Waals surface area contributed by atoms with Gasteiger partial charge in [0.2, 0.25) is 0 Å². The molecule has 0 bridgehead atoms. The minimum Gasteiger partial charge on any atom is -0.469 e. The standard InChI is InChI=1S/C23H25N3O3/c1-17-10-7-8-13-19(17)22-20(16-26(24-22)18-11-5-4-6-12-18)23(28)25(2)15-9-14-21(27)29-3/h4-8,10-13,16H,9,14-15H2,1-3H3. The van der Waals surface area contributed by atoms with Crippen LogP contribution in [0.4, 0.5) is 0 Å². The summed E-state index contributed by atoms with van der Waals surface area (Å²) in [5.74, 6) is -0.404. The zero-order valence-corrected chi connectivity index (χ0v) is 17.0. The zero-order valence-electron chi connectivity index (χ0n) is 17.0. The second kappa shape index (κ2) is 9.19. The molecule has 0 saturated carbocycles. The van der Waals surface area contributed by atoms with Gasteiger partial charge in [0.15, 0.2) is 0 Å². The van der Waals surface area contributed by atoms with E-state index in [0.29, 0.717) is 24.2 Å². The lowest BCUT2D eigenvalue weighted by atomic mass is 10.0. The average Bonchev–Trinajstić information content (AvgIpc) is 3.19. The number of para-hydroxylation sites is 1. The molecule has 6 nitrogen and oxygen atoms in total. The minimum absolute atomic E-state index is 0.129. The Kier molecular flexibility index (Phi) is 6.44. The van der Waals surface area contributed by atoms with Crippen LogP contribution in [-0.2, 0) is 9.53 Å². The topological polar surface area (TPSA) is 64.4 Å². The van der Waals surface area contributed by atoms with Gasteiger partial charge in [-0.1, -0.05) is 42.5 Å². The van der Waals surface area contributed by atoms with E-state index in [2.05, 4.69) is 4.74 Å². The zero-order chi connectivity index (χ0) is 20.8. The molecule has 1 heterocycles. The first-order chi connectivity index (χ1) is 14.0. The molecule has 0 N–H and O–H groups in total. The number of nitrogens with zero attached hydrogens (tertiary/aromatic N) is 3. The van der Waals surface area contributed by atoms with E-state index in [-0.39, 0.29) is 18.3 Å². The number of carbonyl (C=O) groups excluding carboxylic acids is 2. The van der Waals surface area contributed by atoms with Crippen LogP contribution in [0.1, 0.15) is 28.8 Å². The van der Waals surface area contributed by atoms with Crippen LogP contribution in [0.2, 0.25) is 0 Å². The lowest BCUT2D eigenvalue weighted by Crippen LogP contribution is -2.28. The Morgan fingerprint density at radius 2 is 1.76 bits per heavy atom. The number of ether oxygens (including phenoxy) is 1. The molecule has 1 amide bonds. The van der Waals surface area contributed by atoms with E-state index in [1.165, 1.54) is 7.11 Å². The van der Waals surface area contributed by atoms with Crippen molar-refractivity contribution in [2.24, 2.45) is 0 Å². The third kappa shape index (κ3) is 4.71.